The number of aromatic carboxylic acids is 1. The van der Waals surface area contributed by atoms with Crippen molar-refractivity contribution < 1.29 is 18.3 Å². The van der Waals surface area contributed by atoms with Crippen LogP contribution in [-0.4, -0.2) is 47.3 Å². The SMILES string of the molecule is CS(=O)(=O)c1ccccc1NCCn1cc(C(=O)O)nn1. The van der Waals surface area contributed by atoms with Crippen LogP contribution in [0.5, 0.6) is 0 Å². The molecule has 0 aliphatic heterocycles. The zero-order chi connectivity index (χ0) is 15.5. The lowest BCUT2D eigenvalue weighted by molar-refractivity contribution is 0.0690. The normalized spacial score (nSPS) is 11.3. The molecular weight excluding hydrogens is 296 g/mol. The smallest absolute Gasteiger partial charge is 0.358 e. The Morgan fingerprint density at radius 3 is 2.71 bits per heavy atom. The molecule has 2 rings (SSSR count). The second kappa shape index (κ2) is 5.92. The summed E-state index contributed by atoms with van der Waals surface area (Å²) in [6.45, 7) is 0.743. The predicted octanol–water partition coefficient (Wildman–Crippen LogP) is 0.492. The van der Waals surface area contributed by atoms with Gasteiger partial charge in [-0.2, -0.15) is 0 Å². The molecule has 9 heteroatoms. The van der Waals surface area contributed by atoms with E-state index < -0.39 is 15.8 Å². The number of nitrogens with one attached hydrogen (secondary N) is 1. The zero-order valence-electron chi connectivity index (χ0n) is 11.2. The fourth-order valence-corrected chi connectivity index (χ4v) is 2.61. The molecule has 2 N–H and O–H groups in total. The molecule has 1 aromatic carbocycles. The summed E-state index contributed by atoms with van der Waals surface area (Å²) in [7, 11) is -3.31. The van der Waals surface area contributed by atoms with E-state index in [2.05, 4.69) is 15.6 Å². The molecule has 2 aromatic rings. The highest BCUT2D eigenvalue weighted by Gasteiger charge is 2.12. The molecule has 8 nitrogen and oxygen atoms in total. The van der Waals surface area contributed by atoms with Gasteiger partial charge in [0.25, 0.3) is 0 Å². The molecular formula is C12H14N4O4S. The van der Waals surface area contributed by atoms with Crippen LogP contribution in [0.2, 0.25) is 0 Å². The number of sulfone groups is 1. The number of aromatic nitrogens is 3. The first kappa shape index (κ1) is 15.0. The Hall–Kier alpha value is -2.42. The monoisotopic (exact) mass is 310 g/mol. The predicted molar refractivity (Wildman–Crippen MR) is 75.0 cm³/mol. The lowest BCUT2D eigenvalue weighted by Crippen LogP contribution is -2.13. The van der Waals surface area contributed by atoms with Crippen LogP contribution in [-0.2, 0) is 16.4 Å². The molecule has 0 aliphatic rings. The van der Waals surface area contributed by atoms with Crippen molar-refractivity contribution in [2.75, 3.05) is 18.1 Å². The summed E-state index contributed by atoms with van der Waals surface area (Å²) in [4.78, 5) is 10.9. The topological polar surface area (TPSA) is 114 Å². The van der Waals surface area contributed by atoms with Gasteiger partial charge in [-0.25, -0.2) is 17.9 Å². The van der Waals surface area contributed by atoms with Crippen molar-refractivity contribution in [1.82, 2.24) is 15.0 Å². The van der Waals surface area contributed by atoms with E-state index in [0.29, 0.717) is 18.8 Å². The Bertz CT molecular complexity index is 754. The Balaban J connectivity index is 2.02. The summed E-state index contributed by atoms with van der Waals surface area (Å²) in [5.41, 5.74) is 0.366. The zero-order valence-corrected chi connectivity index (χ0v) is 12.0. The molecule has 0 fully saturated rings. The molecule has 0 amide bonds. The van der Waals surface area contributed by atoms with Crippen molar-refractivity contribution in [1.29, 1.82) is 0 Å². The van der Waals surface area contributed by atoms with E-state index in [4.69, 9.17) is 5.11 Å². The van der Waals surface area contributed by atoms with E-state index in [1.54, 1.807) is 18.2 Å². The number of para-hydroxylation sites is 1. The summed E-state index contributed by atoms with van der Waals surface area (Å²) in [6.07, 6.45) is 2.45. The third kappa shape index (κ3) is 3.78. The molecule has 0 atom stereocenters. The van der Waals surface area contributed by atoms with Gasteiger partial charge in [-0.15, -0.1) is 5.10 Å². The summed E-state index contributed by atoms with van der Waals surface area (Å²) in [5, 5.41) is 18.9. The minimum absolute atomic E-state index is 0.133. The molecule has 0 saturated heterocycles. The van der Waals surface area contributed by atoms with Crippen LogP contribution in [0, 0.1) is 0 Å². The van der Waals surface area contributed by atoms with Crippen LogP contribution >= 0.6 is 0 Å². The van der Waals surface area contributed by atoms with Crippen molar-refractivity contribution in [3.63, 3.8) is 0 Å². The summed E-state index contributed by atoms with van der Waals surface area (Å²) < 4.78 is 24.6. The fourth-order valence-electron chi connectivity index (χ4n) is 1.75. The van der Waals surface area contributed by atoms with Crippen molar-refractivity contribution in [3.05, 3.63) is 36.2 Å². The molecule has 0 unspecified atom stereocenters. The number of carboxylic acid groups (broad SMARTS) is 1. The number of hydrogen-bond donors (Lipinski definition) is 2. The second-order valence-corrected chi connectivity index (χ2v) is 6.35. The lowest BCUT2D eigenvalue weighted by Gasteiger charge is -2.10. The van der Waals surface area contributed by atoms with E-state index in [9.17, 15) is 13.2 Å². The third-order valence-electron chi connectivity index (χ3n) is 2.70. The molecule has 0 spiro atoms. The van der Waals surface area contributed by atoms with Gasteiger partial charge in [-0.3, -0.25) is 0 Å². The van der Waals surface area contributed by atoms with Gasteiger partial charge in [0.15, 0.2) is 15.5 Å². The Morgan fingerprint density at radius 2 is 2.10 bits per heavy atom. The van der Waals surface area contributed by atoms with Gasteiger partial charge in [0, 0.05) is 12.8 Å². The number of rotatable bonds is 6. The minimum Gasteiger partial charge on any atom is -0.476 e. The molecule has 0 radical (unpaired) electrons. The Kier molecular flexibility index (Phi) is 4.22. The summed E-state index contributed by atoms with van der Waals surface area (Å²) in [6, 6.07) is 6.57. The maximum atomic E-state index is 11.6. The van der Waals surface area contributed by atoms with Gasteiger partial charge in [-0.1, -0.05) is 17.3 Å². The van der Waals surface area contributed by atoms with Crippen molar-refractivity contribution in [2.45, 2.75) is 11.4 Å². The van der Waals surface area contributed by atoms with E-state index >= 15 is 0 Å². The van der Waals surface area contributed by atoms with Gasteiger partial charge in [0.2, 0.25) is 0 Å². The number of benzene rings is 1. The van der Waals surface area contributed by atoms with Crippen LogP contribution in [0.15, 0.2) is 35.4 Å². The van der Waals surface area contributed by atoms with E-state index in [1.807, 2.05) is 0 Å². The van der Waals surface area contributed by atoms with Gasteiger partial charge in [0.1, 0.15) is 0 Å². The van der Waals surface area contributed by atoms with E-state index in [1.165, 1.54) is 16.9 Å². The standard InChI is InChI=1S/C12H14N4O4S/c1-21(19,20)11-5-3-2-4-9(11)13-6-7-16-8-10(12(17)18)14-15-16/h2-5,8,13H,6-7H2,1H3,(H,17,18). The number of carboxylic acids is 1. The Labute approximate surface area is 121 Å². The van der Waals surface area contributed by atoms with E-state index in [-0.39, 0.29) is 10.6 Å². The molecule has 0 bridgehead atoms. The lowest BCUT2D eigenvalue weighted by atomic mass is 10.3. The van der Waals surface area contributed by atoms with Gasteiger partial charge in [-0.05, 0) is 12.1 Å². The van der Waals surface area contributed by atoms with Gasteiger partial charge < -0.3 is 10.4 Å². The van der Waals surface area contributed by atoms with Crippen LogP contribution < -0.4 is 5.32 Å². The van der Waals surface area contributed by atoms with Gasteiger partial charge >= 0.3 is 5.97 Å². The minimum atomic E-state index is -3.31. The highest BCUT2D eigenvalue weighted by molar-refractivity contribution is 7.90. The average molecular weight is 310 g/mol. The first-order valence-corrected chi connectivity index (χ1v) is 7.93. The third-order valence-corrected chi connectivity index (χ3v) is 3.86. The van der Waals surface area contributed by atoms with Gasteiger partial charge in [0.05, 0.1) is 23.3 Å². The van der Waals surface area contributed by atoms with Crippen LogP contribution in [0.4, 0.5) is 5.69 Å². The second-order valence-electron chi connectivity index (χ2n) is 4.37. The Morgan fingerprint density at radius 1 is 1.38 bits per heavy atom. The van der Waals surface area contributed by atoms with Crippen molar-refractivity contribution in [3.8, 4) is 0 Å². The largest absolute Gasteiger partial charge is 0.476 e. The molecule has 0 aliphatic carbocycles. The highest BCUT2D eigenvalue weighted by atomic mass is 32.2. The van der Waals surface area contributed by atoms with Crippen LogP contribution in [0.25, 0.3) is 0 Å². The van der Waals surface area contributed by atoms with E-state index in [0.717, 1.165) is 6.26 Å². The molecule has 0 saturated carbocycles. The quantitative estimate of drug-likeness (QED) is 0.798. The average Bonchev–Trinajstić information content (AvgIpc) is 2.87. The number of hydrogen-bond acceptors (Lipinski definition) is 6. The number of nitrogens with zero attached hydrogens (tertiary/aromatic N) is 3. The number of carbonyl (C=O) groups is 1. The molecule has 1 heterocycles. The van der Waals surface area contributed by atoms with Crippen LogP contribution in [0.3, 0.4) is 0 Å². The number of anilines is 1. The molecule has 1 aromatic heterocycles. The van der Waals surface area contributed by atoms with Crippen LogP contribution in [0.1, 0.15) is 10.5 Å². The van der Waals surface area contributed by atoms with Crippen molar-refractivity contribution >= 4 is 21.5 Å². The first-order chi connectivity index (χ1) is 9.88. The fraction of sp³-hybridized carbons (Fsp3) is 0.250. The summed E-state index contributed by atoms with van der Waals surface area (Å²) in [5.74, 6) is -1.14. The van der Waals surface area contributed by atoms with Crippen molar-refractivity contribution in [2.24, 2.45) is 0 Å². The first-order valence-electron chi connectivity index (χ1n) is 6.04. The maximum absolute atomic E-state index is 11.6. The summed E-state index contributed by atoms with van der Waals surface area (Å²) >= 11 is 0. The molecule has 112 valence electrons. The maximum Gasteiger partial charge on any atom is 0.358 e. The molecule has 21 heavy (non-hydrogen) atoms. The highest BCUT2D eigenvalue weighted by Crippen LogP contribution is 2.20.